The molecule has 0 N–H and O–H groups in total. The third-order valence-corrected chi connectivity index (χ3v) is 5.70. The summed E-state index contributed by atoms with van der Waals surface area (Å²) in [6.45, 7) is 7.39. The summed E-state index contributed by atoms with van der Waals surface area (Å²) in [5.41, 5.74) is 0.696. The van der Waals surface area contributed by atoms with E-state index in [9.17, 15) is 9.59 Å². The van der Waals surface area contributed by atoms with E-state index in [1.807, 2.05) is 37.8 Å². The number of benzene rings is 1. The van der Waals surface area contributed by atoms with Crippen LogP contribution in [0.2, 0.25) is 0 Å². The van der Waals surface area contributed by atoms with Gasteiger partial charge >= 0.3 is 5.97 Å². The van der Waals surface area contributed by atoms with Crippen molar-refractivity contribution >= 4 is 33.3 Å². The molecular weight excluding hydrogens is 334 g/mol. The summed E-state index contributed by atoms with van der Waals surface area (Å²) in [6.07, 6.45) is 1.37. The van der Waals surface area contributed by atoms with E-state index in [4.69, 9.17) is 4.74 Å². The number of thiophene rings is 1. The monoisotopic (exact) mass is 359 g/mol. The van der Waals surface area contributed by atoms with E-state index in [0.29, 0.717) is 32.5 Å². The number of amides is 1. The lowest BCUT2D eigenvalue weighted by atomic mass is 9.91. The first kappa shape index (κ1) is 17.9. The van der Waals surface area contributed by atoms with Crippen LogP contribution in [0.15, 0.2) is 29.6 Å². The van der Waals surface area contributed by atoms with Gasteiger partial charge in [-0.1, -0.05) is 39.0 Å². The third-order valence-electron chi connectivity index (χ3n) is 4.69. The molecule has 5 heteroatoms. The second-order valence-corrected chi connectivity index (χ2v) is 8.59. The van der Waals surface area contributed by atoms with Gasteiger partial charge in [-0.05, 0) is 29.7 Å². The maximum atomic E-state index is 12.4. The highest BCUT2D eigenvalue weighted by atomic mass is 32.1. The topological polar surface area (TPSA) is 46.6 Å². The molecule has 4 nitrogen and oxygen atoms in total. The van der Waals surface area contributed by atoms with Gasteiger partial charge in [0.2, 0.25) is 5.91 Å². The molecule has 1 aromatic carbocycles. The van der Waals surface area contributed by atoms with E-state index in [1.54, 1.807) is 11.3 Å². The molecule has 2 aromatic rings. The summed E-state index contributed by atoms with van der Waals surface area (Å²) in [6, 6.07) is 8.16. The van der Waals surface area contributed by atoms with Crippen molar-refractivity contribution in [3.8, 4) is 0 Å². The third kappa shape index (κ3) is 4.03. The molecule has 3 rings (SSSR count). The van der Waals surface area contributed by atoms with Crippen LogP contribution in [0, 0.1) is 11.3 Å². The molecule has 0 radical (unpaired) electrons. The number of fused-ring (bicyclic) bond motifs is 1. The molecule has 1 aliphatic heterocycles. The standard InChI is InChI=1S/C20H25NO3S/c1-20(2,3)19(23)21-10-8-14(9-11-21)18(22)24-12-15-13-25-17-7-5-4-6-16(15)17/h4-7,13-14H,8-12H2,1-3H3. The Kier molecular flexibility index (Phi) is 5.13. The smallest absolute Gasteiger partial charge is 0.309 e. The number of likely N-dealkylation sites (tertiary alicyclic amines) is 1. The fraction of sp³-hybridized carbons (Fsp3) is 0.500. The fourth-order valence-electron chi connectivity index (χ4n) is 3.20. The van der Waals surface area contributed by atoms with Crippen molar-refractivity contribution in [2.24, 2.45) is 11.3 Å². The maximum Gasteiger partial charge on any atom is 0.309 e. The number of piperidine rings is 1. The molecule has 25 heavy (non-hydrogen) atoms. The van der Waals surface area contributed by atoms with Crippen LogP contribution in [0.1, 0.15) is 39.2 Å². The number of esters is 1. The largest absolute Gasteiger partial charge is 0.461 e. The molecule has 2 heterocycles. The SMILES string of the molecule is CC(C)(C)C(=O)N1CCC(C(=O)OCc2csc3ccccc23)CC1. The Labute approximate surface area is 152 Å². The van der Waals surface area contributed by atoms with Gasteiger partial charge in [0.05, 0.1) is 5.92 Å². The summed E-state index contributed by atoms with van der Waals surface area (Å²) in [5.74, 6) is -0.0869. The highest BCUT2D eigenvalue weighted by Crippen LogP contribution is 2.28. The van der Waals surface area contributed by atoms with Crippen molar-refractivity contribution < 1.29 is 14.3 Å². The number of hydrogen-bond donors (Lipinski definition) is 0. The molecule has 0 saturated carbocycles. The summed E-state index contributed by atoms with van der Waals surface area (Å²) in [5, 5.41) is 3.22. The Balaban J connectivity index is 1.52. The number of carbonyl (C=O) groups is 2. The van der Waals surface area contributed by atoms with Gasteiger partial charge in [-0.15, -0.1) is 11.3 Å². The Bertz CT molecular complexity index is 767. The van der Waals surface area contributed by atoms with E-state index < -0.39 is 0 Å². The second-order valence-electron chi connectivity index (χ2n) is 7.68. The number of rotatable bonds is 3. The molecule has 1 fully saturated rings. The predicted octanol–water partition coefficient (Wildman–Crippen LogP) is 4.23. The first-order chi connectivity index (χ1) is 11.9. The van der Waals surface area contributed by atoms with Crippen LogP contribution in [0.3, 0.4) is 0 Å². The number of carbonyl (C=O) groups excluding carboxylic acids is 2. The van der Waals surface area contributed by atoms with E-state index in [-0.39, 0.29) is 23.2 Å². The normalized spacial score (nSPS) is 16.2. The zero-order chi connectivity index (χ0) is 18.0. The Morgan fingerprint density at radius 3 is 2.56 bits per heavy atom. The molecular formula is C20H25NO3S. The van der Waals surface area contributed by atoms with Gasteiger partial charge in [0.15, 0.2) is 0 Å². The fourth-order valence-corrected chi connectivity index (χ4v) is 4.15. The van der Waals surface area contributed by atoms with Crippen molar-refractivity contribution in [1.29, 1.82) is 0 Å². The minimum atomic E-state index is -0.368. The van der Waals surface area contributed by atoms with Crippen molar-refractivity contribution in [2.45, 2.75) is 40.2 Å². The van der Waals surface area contributed by atoms with Crippen molar-refractivity contribution in [3.05, 3.63) is 35.2 Å². The molecule has 1 aromatic heterocycles. The van der Waals surface area contributed by atoms with E-state index in [2.05, 4.69) is 17.5 Å². The average molecular weight is 359 g/mol. The van der Waals surface area contributed by atoms with Crippen LogP contribution in [-0.2, 0) is 20.9 Å². The highest BCUT2D eigenvalue weighted by molar-refractivity contribution is 7.17. The van der Waals surface area contributed by atoms with Gasteiger partial charge < -0.3 is 9.64 Å². The Hall–Kier alpha value is -1.88. The first-order valence-electron chi connectivity index (χ1n) is 8.77. The number of hydrogen-bond acceptors (Lipinski definition) is 4. The Morgan fingerprint density at radius 1 is 1.20 bits per heavy atom. The minimum absolute atomic E-state index is 0.103. The first-order valence-corrected chi connectivity index (χ1v) is 9.65. The van der Waals surface area contributed by atoms with Gasteiger partial charge in [-0.2, -0.15) is 0 Å². The summed E-state index contributed by atoms with van der Waals surface area (Å²) in [4.78, 5) is 26.6. The highest BCUT2D eigenvalue weighted by Gasteiger charge is 2.32. The van der Waals surface area contributed by atoms with Crippen LogP contribution < -0.4 is 0 Å². The zero-order valence-corrected chi connectivity index (χ0v) is 15.9. The van der Waals surface area contributed by atoms with Crippen molar-refractivity contribution in [1.82, 2.24) is 4.90 Å². The van der Waals surface area contributed by atoms with E-state index in [0.717, 1.165) is 10.9 Å². The van der Waals surface area contributed by atoms with Crippen molar-refractivity contribution in [2.75, 3.05) is 13.1 Å². The van der Waals surface area contributed by atoms with Gasteiger partial charge in [-0.25, -0.2) is 0 Å². The molecule has 0 bridgehead atoms. The number of ether oxygens (including phenoxy) is 1. The minimum Gasteiger partial charge on any atom is -0.461 e. The molecule has 0 atom stereocenters. The van der Waals surface area contributed by atoms with Gasteiger partial charge in [0.25, 0.3) is 0 Å². The number of nitrogens with zero attached hydrogens (tertiary/aromatic N) is 1. The van der Waals surface area contributed by atoms with Crippen molar-refractivity contribution in [3.63, 3.8) is 0 Å². The molecule has 0 aliphatic carbocycles. The van der Waals surface area contributed by atoms with E-state index >= 15 is 0 Å². The molecule has 0 spiro atoms. The maximum absolute atomic E-state index is 12.4. The average Bonchev–Trinajstić information content (AvgIpc) is 3.01. The van der Waals surface area contributed by atoms with Gasteiger partial charge in [0, 0.05) is 28.8 Å². The zero-order valence-electron chi connectivity index (χ0n) is 15.1. The lowest BCUT2D eigenvalue weighted by molar-refractivity contribution is -0.154. The molecule has 1 aliphatic rings. The molecule has 134 valence electrons. The van der Waals surface area contributed by atoms with Crippen LogP contribution in [-0.4, -0.2) is 29.9 Å². The molecule has 1 saturated heterocycles. The summed E-state index contributed by atoms with van der Waals surface area (Å²) < 4.78 is 6.77. The second kappa shape index (κ2) is 7.16. The Morgan fingerprint density at radius 2 is 1.88 bits per heavy atom. The van der Waals surface area contributed by atoms with Crippen LogP contribution in [0.4, 0.5) is 0 Å². The summed E-state index contributed by atoms with van der Waals surface area (Å²) in [7, 11) is 0. The molecule has 0 unspecified atom stereocenters. The van der Waals surface area contributed by atoms with E-state index in [1.165, 1.54) is 4.70 Å². The quantitative estimate of drug-likeness (QED) is 0.771. The molecule has 1 amide bonds. The lowest BCUT2D eigenvalue weighted by Gasteiger charge is -2.34. The predicted molar refractivity (Wildman–Crippen MR) is 100 cm³/mol. The van der Waals surface area contributed by atoms with Gasteiger partial charge in [-0.3, -0.25) is 9.59 Å². The van der Waals surface area contributed by atoms with Crippen LogP contribution >= 0.6 is 11.3 Å². The van der Waals surface area contributed by atoms with Crippen LogP contribution in [0.5, 0.6) is 0 Å². The van der Waals surface area contributed by atoms with Crippen LogP contribution in [0.25, 0.3) is 10.1 Å². The summed E-state index contributed by atoms with van der Waals surface area (Å²) >= 11 is 1.67. The lowest BCUT2D eigenvalue weighted by Crippen LogP contribution is -2.45. The van der Waals surface area contributed by atoms with Gasteiger partial charge in [0.1, 0.15) is 6.61 Å².